The van der Waals surface area contributed by atoms with Crippen LogP contribution in [0.2, 0.25) is 0 Å². The maximum atomic E-state index is 12.4. The first-order valence-corrected chi connectivity index (χ1v) is 8.68. The molecule has 0 aromatic heterocycles. The second-order valence-electron chi connectivity index (χ2n) is 5.92. The third-order valence-corrected chi connectivity index (χ3v) is 3.43. The van der Waals surface area contributed by atoms with E-state index in [-0.39, 0.29) is 24.4 Å². The van der Waals surface area contributed by atoms with Gasteiger partial charge in [0.15, 0.2) is 0 Å². The van der Waals surface area contributed by atoms with E-state index in [9.17, 15) is 9.59 Å². The third-order valence-electron chi connectivity index (χ3n) is 3.43. The molecule has 0 bridgehead atoms. The van der Waals surface area contributed by atoms with Crippen molar-refractivity contribution in [1.82, 2.24) is 5.32 Å². The minimum Gasteiger partial charge on any atom is -0.463 e. The molecular weight excluding hydrogens is 322 g/mol. The lowest BCUT2D eigenvalue weighted by molar-refractivity contribution is -0.148. The summed E-state index contributed by atoms with van der Waals surface area (Å²) in [5, 5.41) is 2.87. The molecule has 25 heavy (non-hydrogen) atoms. The lowest BCUT2D eigenvalue weighted by Gasteiger charge is -2.21. The number of hydrogen-bond donors (Lipinski definition) is 1. The molecule has 2 atom stereocenters. The van der Waals surface area contributed by atoms with Crippen molar-refractivity contribution in [3.05, 3.63) is 35.9 Å². The van der Waals surface area contributed by atoms with Crippen molar-refractivity contribution < 1.29 is 23.8 Å². The van der Waals surface area contributed by atoms with E-state index in [1.165, 1.54) is 0 Å². The van der Waals surface area contributed by atoms with Crippen LogP contribution in [0.5, 0.6) is 0 Å². The summed E-state index contributed by atoms with van der Waals surface area (Å²) in [6.07, 6.45) is -0.757. The summed E-state index contributed by atoms with van der Waals surface area (Å²) in [5.41, 5.74) is 0.845. The van der Waals surface area contributed by atoms with Gasteiger partial charge in [0.25, 0.3) is 0 Å². The fourth-order valence-corrected chi connectivity index (χ4v) is 2.21. The first kappa shape index (κ1) is 21.1. The Hall–Kier alpha value is -1.92. The van der Waals surface area contributed by atoms with Crippen molar-refractivity contribution in [1.29, 1.82) is 0 Å². The van der Waals surface area contributed by atoms with E-state index in [1.807, 2.05) is 37.3 Å². The standard InChI is InChI=1S/C19H29NO5/c1-5-23-11-12-24-15(4)19(22)20-17(13-18(21)25-14(2)3)16-9-7-6-8-10-16/h6-10,14-15,17H,5,11-13H2,1-4H3,(H,20,22). The molecular formula is C19H29NO5. The number of carbonyl (C=O) groups excluding carboxylic acids is 2. The molecule has 1 aromatic carbocycles. The number of nitrogens with one attached hydrogen (secondary N) is 1. The molecule has 0 fully saturated rings. The van der Waals surface area contributed by atoms with Crippen LogP contribution in [0, 0.1) is 0 Å². The van der Waals surface area contributed by atoms with E-state index in [4.69, 9.17) is 14.2 Å². The third kappa shape index (κ3) is 8.65. The molecule has 0 heterocycles. The van der Waals surface area contributed by atoms with Gasteiger partial charge >= 0.3 is 5.97 Å². The van der Waals surface area contributed by atoms with Crippen molar-refractivity contribution in [3.63, 3.8) is 0 Å². The highest BCUT2D eigenvalue weighted by Gasteiger charge is 2.22. The second kappa shape index (κ2) is 11.6. The van der Waals surface area contributed by atoms with Crippen molar-refractivity contribution in [2.24, 2.45) is 0 Å². The van der Waals surface area contributed by atoms with Gasteiger partial charge in [-0.05, 0) is 33.3 Å². The first-order valence-electron chi connectivity index (χ1n) is 8.68. The number of amides is 1. The molecule has 6 nitrogen and oxygen atoms in total. The molecule has 0 spiro atoms. The van der Waals surface area contributed by atoms with Crippen LogP contribution in [0.3, 0.4) is 0 Å². The normalized spacial score (nSPS) is 13.3. The van der Waals surface area contributed by atoms with Gasteiger partial charge < -0.3 is 19.5 Å². The number of hydrogen-bond acceptors (Lipinski definition) is 5. The van der Waals surface area contributed by atoms with Gasteiger partial charge in [-0.25, -0.2) is 0 Å². The van der Waals surface area contributed by atoms with Gasteiger partial charge in [-0.1, -0.05) is 30.3 Å². The maximum Gasteiger partial charge on any atom is 0.308 e. The predicted molar refractivity (Wildman–Crippen MR) is 95.1 cm³/mol. The van der Waals surface area contributed by atoms with Crippen molar-refractivity contribution in [2.75, 3.05) is 19.8 Å². The highest BCUT2D eigenvalue weighted by molar-refractivity contribution is 5.81. The topological polar surface area (TPSA) is 73.9 Å². The zero-order valence-electron chi connectivity index (χ0n) is 15.5. The van der Waals surface area contributed by atoms with Gasteiger partial charge in [0, 0.05) is 6.61 Å². The van der Waals surface area contributed by atoms with Gasteiger partial charge in [0.05, 0.1) is 31.8 Å². The molecule has 140 valence electrons. The average Bonchev–Trinajstić information content (AvgIpc) is 2.58. The van der Waals surface area contributed by atoms with Gasteiger partial charge in [0.2, 0.25) is 5.91 Å². The zero-order chi connectivity index (χ0) is 18.7. The van der Waals surface area contributed by atoms with E-state index in [1.54, 1.807) is 20.8 Å². The number of ether oxygens (including phenoxy) is 3. The van der Waals surface area contributed by atoms with E-state index in [0.717, 1.165) is 5.56 Å². The molecule has 1 aromatic rings. The summed E-state index contributed by atoms with van der Waals surface area (Å²) < 4.78 is 15.8. The summed E-state index contributed by atoms with van der Waals surface area (Å²) in [4.78, 5) is 24.4. The largest absolute Gasteiger partial charge is 0.463 e. The summed E-state index contributed by atoms with van der Waals surface area (Å²) in [7, 11) is 0. The Labute approximate surface area is 149 Å². The minimum absolute atomic E-state index is 0.0690. The molecule has 0 aliphatic carbocycles. The number of carbonyl (C=O) groups is 2. The average molecular weight is 351 g/mol. The molecule has 0 saturated carbocycles. The summed E-state index contributed by atoms with van der Waals surface area (Å²) in [6.45, 7) is 8.56. The van der Waals surface area contributed by atoms with Crippen molar-refractivity contribution in [2.45, 2.75) is 52.4 Å². The zero-order valence-corrected chi connectivity index (χ0v) is 15.5. The van der Waals surface area contributed by atoms with Crippen molar-refractivity contribution >= 4 is 11.9 Å². The Bertz CT molecular complexity index is 518. The SMILES string of the molecule is CCOCCOC(C)C(=O)NC(CC(=O)OC(C)C)c1ccccc1. The fraction of sp³-hybridized carbons (Fsp3) is 0.579. The van der Waals surface area contributed by atoms with Gasteiger partial charge in [-0.15, -0.1) is 0 Å². The smallest absolute Gasteiger partial charge is 0.308 e. The maximum absolute atomic E-state index is 12.4. The molecule has 0 aliphatic rings. The predicted octanol–water partition coefficient (Wildman–Crippen LogP) is 2.63. The highest BCUT2D eigenvalue weighted by atomic mass is 16.5. The van der Waals surface area contributed by atoms with Crippen LogP contribution in [0.1, 0.15) is 45.7 Å². The van der Waals surface area contributed by atoms with Crippen LogP contribution in [0.4, 0.5) is 0 Å². The molecule has 1 amide bonds. The first-order chi connectivity index (χ1) is 11.9. The Morgan fingerprint density at radius 2 is 1.76 bits per heavy atom. The monoisotopic (exact) mass is 351 g/mol. The summed E-state index contributed by atoms with van der Waals surface area (Å²) in [6, 6.07) is 8.89. The lowest BCUT2D eigenvalue weighted by Crippen LogP contribution is -2.38. The number of esters is 1. The summed E-state index contributed by atoms with van der Waals surface area (Å²) >= 11 is 0. The Kier molecular flexibility index (Phi) is 9.80. The van der Waals surface area contributed by atoms with Crippen LogP contribution in [0.15, 0.2) is 30.3 Å². The molecule has 1 N–H and O–H groups in total. The molecule has 1 rings (SSSR count). The quantitative estimate of drug-likeness (QED) is 0.490. The second-order valence-corrected chi connectivity index (χ2v) is 5.92. The fourth-order valence-electron chi connectivity index (χ4n) is 2.21. The van der Waals surface area contributed by atoms with Crippen LogP contribution in [-0.4, -0.2) is 43.9 Å². The number of rotatable bonds is 11. The van der Waals surface area contributed by atoms with Gasteiger partial charge in [0.1, 0.15) is 6.10 Å². The Morgan fingerprint density at radius 3 is 2.36 bits per heavy atom. The van der Waals surface area contributed by atoms with Gasteiger partial charge in [-0.2, -0.15) is 0 Å². The van der Waals surface area contributed by atoms with E-state index in [0.29, 0.717) is 19.8 Å². The van der Waals surface area contributed by atoms with E-state index >= 15 is 0 Å². The lowest BCUT2D eigenvalue weighted by atomic mass is 10.0. The molecule has 0 aliphatic heterocycles. The molecule has 6 heteroatoms. The molecule has 2 unspecified atom stereocenters. The van der Waals surface area contributed by atoms with Gasteiger partial charge in [-0.3, -0.25) is 9.59 Å². The van der Waals surface area contributed by atoms with Crippen LogP contribution in [-0.2, 0) is 23.8 Å². The highest BCUT2D eigenvalue weighted by Crippen LogP contribution is 2.18. The Balaban J connectivity index is 2.66. The van der Waals surface area contributed by atoms with E-state index < -0.39 is 12.1 Å². The van der Waals surface area contributed by atoms with Crippen LogP contribution in [0.25, 0.3) is 0 Å². The van der Waals surface area contributed by atoms with E-state index in [2.05, 4.69) is 5.32 Å². The molecule has 0 radical (unpaired) electrons. The van der Waals surface area contributed by atoms with Crippen LogP contribution < -0.4 is 5.32 Å². The number of benzene rings is 1. The molecule has 0 saturated heterocycles. The Morgan fingerprint density at radius 1 is 1.08 bits per heavy atom. The van der Waals surface area contributed by atoms with Crippen molar-refractivity contribution in [3.8, 4) is 0 Å². The van der Waals surface area contributed by atoms with Crippen LogP contribution >= 0.6 is 0 Å². The minimum atomic E-state index is -0.632. The summed E-state index contributed by atoms with van der Waals surface area (Å²) in [5.74, 6) is -0.628.